The van der Waals surface area contributed by atoms with E-state index in [-0.39, 0.29) is 5.91 Å². The zero-order valence-corrected chi connectivity index (χ0v) is 10.7. The Morgan fingerprint density at radius 2 is 2.15 bits per heavy atom. The summed E-state index contributed by atoms with van der Waals surface area (Å²) in [7, 11) is 0. The van der Waals surface area contributed by atoms with E-state index in [4.69, 9.17) is 0 Å². The molecule has 3 heterocycles. The molecule has 1 amide bonds. The molecule has 0 atom stereocenters. The second-order valence-electron chi connectivity index (χ2n) is 4.90. The molecule has 1 aliphatic rings. The van der Waals surface area contributed by atoms with Gasteiger partial charge in [-0.15, -0.1) is 0 Å². The van der Waals surface area contributed by atoms with E-state index in [1.165, 1.54) is 6.33 Å². The second-order valence-corrected chi connectivity index (χ2v) is 4.90. The summed E-state index contributed by atoms with van der Waals surface area (Å²) in [6.07, 6.45) is 5.09. The molecule has 0 unspecified atom stereocenters. The highest BCUT2D eigenvalue weighted by Gasteiger charge is 2.26. The lowest BCUT2D eigenvalue weighted by molar-refractivity contribution is 0.0752. The first-order valence-electron chi connectivity index (χ1n) is 6.46. The first-order chi connectivity index (χ1) is 9.83. The van der Waals surface area contributed by atoms with E-state index in [1.807, 2.05) is 24.3 Å². The number of carbonyl (C=O) groups is 1. The molecule has 3 aromatic rings. The van der Waals surface area contributed by atoms with Gasteiger partial charge in [0.15, 0.2) is 0 Å². The first-order valence-corrected chi connectivity index (χ1v) is 6.46. The fraction of sp³-hybridized carbons (Fsp3) is 0.133. The minimum Gasteiger partial charge on any atom is -0.360 e. The third-order valence-electron chi connectivity index (χ3n) is 3.69. The molecule has 0 aliphatic carbocycles. The number of aromatic amines is 1. The van der Waals surface area contributed by atoms with Gasteiger partial charge in [-0.1, -0.05) is 18.2 Å². The number of hydrogen-bond donors (Lipinski definition) is 1. The van der Waals surface area contributed by atoms with E-state index in [9.17, 15) is 4.79 Å². The molecule has 4 rings (SSSR count). The summed E-state index contributed by atoms with van der Waals surface area (Å²) >= 11 is 0. The van der Waals surface area contributed by atoms with Crippen LogP contribution in [0.1, 0.15) is 21.6 Å². The standard InChI is InChI=1S/C15H12N4O/c20-15(12-6-17-13-4-2-1-3-11(12)13)19-7-10-5-16-9-18-14(10)8-19/h1-6,9,17H,7-8H2. The third kappa shape index (κ3) is 1.60. The van der Waals surface area contributed by atoms with Crippen LogP contribution in [-0.4, -0.2) is 25.8 Å². The smallest absolute Gasteiger partial charge is 0.256 e. The lowest BCUT2D eigenvalue weighted by Gasteiger charge is -2.14. The Kier molecular flexibility index (Phi) is 2.32. The molecular formula is C15H12N4O. The van der Waals surface area contributed by atoms with E-state index in [0.29, 0.717) is 18.7 Å². The molecule has 0 spiro atoms. The van der Waals surface area contributed by atoms with Crippen LogP contribution in [0, 0.1) is 0 Å². The topological polar surface area (TPSA) is 61.9 Å². The molecule has 0 saturated carbocycles. The third-order valence-corrected chi connectivity index (χ3v) is 3.69. The van der Waals surface area contributed by atoms with Gasteiger partial charge in [-0.05, 0) is 6.07 Å². The summed E-state index contributed by atoms with van der Waals surface area (Å²) in [5.41, 5.74) is 3.66. The Labute approximate surface area is 115 Å². The van der Waals surface area contributed by atoms with Crippen molar-refractivity contribution < 1.29 is 4.79 Å². The summed E-state index contributed by atoms with van der Waals surface area (Å²) in [6, 6.07) is 7.82. The normalized spacial score (nSPS) is 13.7. The van der Waals surface area contributed by atoms with Gasteiger partial charge in [0, 0.05) is 35.4 Å². The van der Waals surface area contributed by atoms with Gasteiger partial charge < -0.3 is 9.88 Å². The van der Waals surface area contributed by atoms with Crippen molar-refractivity contribution in [2.75, 3.05) is 0 Å². The van der Waals surface area contributed by atoms with Crippen molar-refractivity contribution in [2.24, 2.45) is 0 Å². The van der Waals surface area contributed by atoms with Crippen molar-refractivity contribution in [3.8, 4) is 0 Å². The minimum absolute atomic E-state index is 0.0282. The zero-order valence-electron chi connectivity index (χ0n) is 10.7. The van der Waals surface area contributed by atoms with Crippen molar-refractivity contribution in [1.82, 2.24) is 19.9 Å². The van der Waals surface area contributed by atoms with Crippen molar-refractivity contribution in [2.45, 2.75) is 13.1 Å². The van der Waals surface area contributed by atoms with Crippen LogP contribution in [0.5, 0.6) is 0 Å². The fourth-order valence-electron chi connectivity index (χ4n) is 2.66. The van der Waals surface area contributed by atoms with Gasteiger partial charge in [0.05, 0.1) is 17.8 Å². The summed E-state index contributed by atoms with van der Waals surface area (Å²) in [4.78, 5) is 25.8. The largest absolute Gasteiger partial charge is 0.360 e. The maximum atomic E-state index is 12.6. The number of H-pyrrole nitrogens is 1. The average Bonchev–Trinajstić information content (AvgIpc) is 3.10. The number of para-hydroxylation sites is 1. The Morgan fingerprint density at radius 3 is 3.05 bits per heavy atom. The number of benzene rings is 1. The number of hydrogen-bond acceptors (Lipinski definition) is 3. The molecule has 0 bridgehead atoms. The number of nitrogens with one attached hydrogen (secondary N) is 1. The lowest BCUT2D eigenvalue weighted by Crippen LogP contribution is -2.25. The Bertz CT molecular complexity index is 783. The molecule has 1 aromatic carbocycles. The maximum absolute atomic E-state index is 12.6. The molecule has 0 saturated heterocycles. The molecule has 98 valence electrons. The molecule has 0 fully saturated rings. The van der Waals surface area contributed by atoms with Crippen molar-refractivity contribution >= 4 is 16.8 Å². The second kappa shape index (κ2) is 4.16. The molecular weight excluding hydrogens is 252 g/mol. The number of amides is 1. The summed E-state index contributed by atoms with van der Waals surface area (Å²) in [5, 5.41) is 0.958. The van der Waals surface area contributed by atoms with Gasteiger partial charge in [0.1, 0.15) is 6.33 Å². The van der Waals surface area contributed by atoms with Crippen LogP contribution in [0.2, 0.25) is 0 Å². The van der Waals surface area contributed by atoms with Crippen LogP contribution in [-0.2, 0) is 13.1 Å². The van der Waals surface area contributed by atoms with Crippen LogP contribution in [0.25, 0.3) is 10.9 Å². The molecule has 20 heavy (non-hydrogen) atoms. The SMILES string of the molecule is O=C(c1c[nH]c2ccccc12)N1Cc2cncnc2C1. The molecule has 0 radical (unpaired) electrons. The molecule has 5 nitrogen and oxygen atoms in total. The number of nitrogens with zero attached hydrogens (tertiary/aromatic N) is 3. The van der Waals surface area contributed by atoms with Gasteiger partial charge in [-0.2, -0.15) is 0 Å². The highest BCUT2D eigenvalue weighted by molar-refractivity contribution is 6.06. The van der Waals surface area contributed by atoms with E-state index >= 15 is 0 Å². The number of carbonyl (C=O) groups excluding carboxylic acids is 1. The van der Waals surface area contributed by atoms with Gasteiger partial charge in [0.25, 0.3) is 5.91 Å². The van der Waals surface area contributed by atoms with E-state index in [1.54, 1.807) is 17.3 Å². The van der Waals surface area contributed by atoms with Gasteiger partial charge in [-0.3, -0.25) is 4.79 Å². The monoisotopic (exact) mass is 264 g/mol. The van der Waals surface area contributed by atoms with Crippen LogP contribution in [0.15, 0.2) is 43.0 Å². The minimum atomic E-state index is 0.0282. The maximum Gasteiger partial charge on any atom is 0.256 e. The number of fused-ring (bicyclic) bond motifs is 2. The predicted octanol–water partition coefficient (Wildman–Crippen LogP) is 2.11. The Morgan fingerprint density at radius 1 is 1.25 bits per heavy atom. The molecule has 1 aliphatic heterocycles. The fourth-order valence-corrected chi connectivity index (χ4v) is 2.66. The first kappa shape index (κ1) is 11.2. The number of aromatic nitrogens is 3. The van der Waals surface area contributed by atoms with Crippen LogP contribution >= 0.6 is 0 Å². The average molecular weight is 264 g/mol. The summed E-state index contributed by atoms with van der Waals surface area (Å²) in [5.74, 6) is 0.0282. The zero-order chi connectivity index (χ0) is 13.5. The molecule has 1 N–H and O–H groups in total. The number of rotatable bonds is 1. The highest BCUT2D eigenvalue weighted by Crippen LogP contribution is 2.25. The van der Waals surface area contributed by atoms with Gasteiger partial charge in [0.2, 0.25) is 0 Å². The van der Waals surface area contributed by atoms with Crippen molar-refractivity contribution in [3.63, 3.8) is 0 Å². The van der Waals surface area contributed by atoms with E-state index in [2.05, 4.69) is 15.0 Å². The van der Waals surface area contributed by atoms with Crippen molar-refractivity contribution in [1.29, 1.82) is 0 Å². The van der Waals surface area contributed by atoms with Crippen LogP contribution < -0.4 is 0 Å². The van der Waals surface area contributed by atoms with E-state index < -0.39 is 0 Å². The summed E-state index contributed by atoms with van der Waals surface area (Å²) < 4.78 is 0. The molecule has 5 heteroatoms. The van der Waals surface area contributed by atoms with Crippen LogP contribution in [0.3, 0.4) is 0 Å². The summed E-state index contributed by atoms with van der Waals surface area (Å²) in [6.45, 7) is 1.13. The lowest BCUT2D eigenvalue weighted by atomic mass is 10.1. The van der Waals surface area contributed by atoms with Crippen molar-refractivity contribution in [3.05, 3.63) is 59.8 Å². The Hall–Kier alpha value is -2.69. The highest BCUT2D eigenvalue weighted by atomic mass is 16.2. The van der Waals surface area contributed by atoms with Gasteiger partial charge in [-0.25, -0.2) is 9.97 Å². The predicted molar refractivity (Wildman–Crippen MR) is 73.9 cm³/mol. The molecule has 2 aromatic heterocycles. The van der Waals surface area contributed by atoms with Gasteiger partial charge >= 0.3 is 0 Å². The van der Waals surface area contributed by atoms with Crippen LogP contribution in [0.4, 0.5) is 0 Å². The quantitative estimate of drug-likeness (QED) is 0.732. The Balaban J connectivity index is 1.69. The van der Waals surface area contributed by atoms with E-state index in [0.717, 1.165) is 22.2 Å².